The van der Waals surface area contributed by atoms with E-state index >= 15 is 0 Å². The molecule has 1 amide bonds. The number of amides is 1. The molecule has 1 N–H and O–H groups in total. The number of carbonyl (C=O) groups is 1. The number of halogens is 1. The van der Waals surface area contributed by atoms with Crippen molar-refractivity contribution in [2.45, 2.75) is 19.4 Å². The van der Waals surface area contributed by atoms with Crippen LogP contribution in [0.2, 0.25) is 0 Å². The molecule has 0 saturated carbocycles. The molecule has 4 rings (SSSR count). The van der Waals surface area contributed by atoms with E-state index in [9.17, 15) is 9.59 Å². The molecule has 2 heterocycles. The van der Waals surface area contributed by atoms with Gasteiger partial charge in [-0.05, 0) is 51.5 Å². The molecule has 30 heavy (non-hydrogen) atoms. The molecule has 7 heteroatoms. The number of hydrogen-bond donors (Lipinski definition) is 1. The average molecular weight is 425 g/mol. The van der Waals surface area contributed by atoms with Gasteiger partial charge >= 0.3 is 0 Å². The number of nitrogens with one attached hydrogen (secondary N) is 1. The van der Waals surface area contributed by atoms with Crippen molar-refractivity contribution in [3.63, 3.8) is 0 Å². The summed E-state index contributed by atoms with van der Waals surface area (Å²) in [6.07, 6.45) is 1.65. The molecule has 0 spiro atoms. The SMILES string of the molecule is CN(C)C(C)(C)CNC(=O)c1cccn2c(=O)c3ccc4ccccc4c3nc12.Cl. The summed E-state index contributed by atoms with van der Waals surface area (Å²) in [5.41, 5.74) is 0.976. The molecule has 0 bridgehead atoms. The molecule has 2 aromatic carbocycles. The Morgan fingerprint density at radius 3 is 2.53 bits per heavy atom. The second kappa shape index (κ2) is 8.05. The van der Waals surface area contributed by atoms with Crippen molar-refractivity contribution in [2.75, 3.05) is 20.6 Å². The van der Waals surface area contributed by atoms with Gasteiger partial charge in [-0.25, -0.2) is 4.98 Å². The lowest BCUT2D eigenvalue weighted by Gasteiger charge is -2.32. The summed E-state index contributed by atoms with van der Waals surface area (Å²) in [6, 6.07) is 14.9. The molecular formula is C23H25ClN4O2. The van der Waals surface area contributed by atoms with E-state index < -0.39 is 0 Å². The Morgan fingerprint density at radius 2 is 1.80 bits per heavy atom. The van der Waals surface area contributed by atoms with E-state index in [0.717, 1.165) is 10.8 Å². The topological polar surface area (TPSA) is 66.7 Å². The van der Waals surface area contributed by atoms with E-state index in [-0.39, 0.29) is 29.4 Å². The number of fused-ring (bicyclic) bond motifs is 4. The van der Waals surface area contributed by atoms with Crippen molar-refractivity contribution < 1.29 is 4.79 Å². The molecule has 0 fully saturated rings. The van der Waals surface area contributed by atoms with Crippen LogP contribution < -0.4 is 10.9 Å². The van der Waals surface area contributed by atoms with E-state index in [1.165, 1.54) is 4.40 Å². The van der Waals surface area contributed by atoms with Gasteiger partial charge in [0.15, 0.2) is 5.65 Å². The minimum Gasteiger partial charge on any atom is -0.350 e. The molecule has 0 aliphatic heterocycles. The van der Waals surface area contributed by atoms with Crippen LogP contribution in [-0.4, -0.2) is 46.4 Å². The molecule has 0 atom stereocenters. The first-order valence-electron chi connectivity index (χ1n) is 9.58. The third-order valence-corrected chi connectivity index (χ3v) is 5.67. The van der Waals surface area contributed by atoms with Crippen LogP contribution in [0.25, 0.3) is 27.3 Å². The highest BCUT2D eigenvalue weighted by Crippen LogP contribution is 2.23. The predicted molar refractivity (Wildman–Crippen MR) is 124 cm³/mol. The number of benzene rings is 2. The second-order valence-corrected chi connectivity index (χ2v) is 8.10. The van der Waals surface area contributed by atoms with Crippen LogP contribution in [0.4, 0.5) is 0 Å². The van der Waals surface area contributed by atoms with Crippen molar-refractivity contribution in [3.05, 3.63) is 70.6 Å². The van der Waals surface area contributed by atoms with Crippen LogP contribution in [0.15, 0.2) is 59.5 Å². The number of likely N-dealkylation sites (N-methyl/N-ethyl adjacent to an activating group) is 1. The first-order chi connectivity index (χ1) is 13.8. The number of pyridine rings is 1. The number of carbonyl (C=O) groups excluding carboxylic acids is 1. The van der Waals surface area contributed by atoms with E-state index in [1.54, 1.807) is 24.4 Å². The quantitative estimate of drug-likeness (QED) is 0.402. The van der Waals surface area contributed by atoms with Gasteiger partial charge in [-0.3, -0.25) is 14.0 Å². The molecule has 4 aromatic rings. The highest BCUT2D eigenvalue weighted by molar-refractivity contribution is 6.07. The summed E-state index contributed by atoms with van der Waals surface area (Å²) in [5.74, 6) is -0.246. The minimum atomic E-state index is -0.246. The number of nitrogens with zero attached hydrogens (tertiary/aromatic N) is 3. The van der Waals surface area contributed by atoms with Crippen molar-refractivity contribution in [1.82, 2.24) is 19.6 Å². The summed E-state index contributed by atoms with van der Waals surface area (Å²) < 4.78 is 1.45. The van der Waals surface area contributed by atoms with Crippen LogP contribution in [0, 0.1) is 0 Å². The van der Waals surface area contributed by atoms with Crippen molar-refractivity contribution in [3.8, 4) is 0 Å². The molecule has 0 saturated heterocycles. The highest BCUT2D eigenvalue weighted by atomic mass is 35.5. The Kier molecular flexibility index (Phi) is 5.83. The maximum Gasteiger partial charge on any atom is 0.265 e. The molecule has 6 nitrogen and oxygen atoms in total. The van der Waals surface area contributed by atoms with Crippen LogP contribution in [-0.2, 0) is 0 Å². The van der Waals surface area contributed by atoms with Gasteiger partial charge in [-0.1, -0.05) is 30.3 Å². The lowest BCUT2D eigenvalue weighted by atomic mass is 10.0. The van der Waals surface area contributed by atoms with Crippen molar-refractivity contribution in [2.24, 2.45) is 0 Å². The number of aromatic nitrogens is 2. The number of hydrogen-bond acceptors (Lipinski definition) is 4. The van der Waals surface area contributed by atoms with Crippen molar-refractivity contribution in [1.29, 1.82) is 0 Å². The smallest absolute Gasteiger partial charge is 0.265 e. The maximum atomic E-state index is 13.1. The normalized spacial score (nSPS) is 11.8. The monoisotopic (exact) mass is 424 g/mol. The molecule has 0 aliphatic rings. The summed E-state index contributed by atoms with van der Waals surface area (Å²) >= 11 is 0. The first kappa shape index (κ1) is 21.7. The van der Waals surface area contributed by atoms with Gasteiger partial charge in [0, 0.05) is 23.7 Å². The fourth-order valence-electron chi connectivity index (χ4n) is 3.29. The lowest BCUT2D eigenvalue weighted by molar-refractivity contribution is 0.0921. The Morgan fingerprint density at radius 1 is 1.07 bits per heavy atom. The maximum absolute atomic E-state index is 13.1. The van der Waals surface area contributed by atoms with E-state index in [2.05, 4.69) is 24.1 Å². The van der Waals surface area contributed by atoms with E-state index in [0.29, 0.717) is 28.7 Å². The Balaban J connectivity index is 0.00000256. The minimum absolute atomic E-state index is 0. The zero-order chi connectivity index (χ0) is 20.8. The summed E-state index contributed by atoms with van der Waals surface area (Å²) in [4.78, 5) is 32.9. The van der Waals surface area contributed by atoms with Crippen LogP contribution in [0.3, 0.4) is 0 Å². The fraction of sp³-hybridized carbons (Fsp3) is 0.261. The Labute approximate surface area is 180 Å². The summed E-state index contributed by atoms with van der Waals surface area (Å²) in [7, 11) is 3.95. The second-order valence-electron chi connectivity index (χ2n) is 8.10. The first-order valence-corrected chi connectivity index (χ1v) is 9.58. The zero-order valence-corrected chi connectivity index (χ0v) is 18.3. The van der Waals surface area contributed by atoms with E-state index in [1.807, 2.05) is 44.4 Å². The molecule has 0 aliphatic carbocycles. The molecule has 2 aromatic heterocycles. The van der Waals surface area contributed by atoms with Gasteiger partial charge in [0.05, 0.1) is 16.5 Å². The van der Waals surface area contributed by atoms with E-state index in [4.69, 9.17) is 4.98 Å². The predicted octanol–water partition coefficient (Wildman–Crippen LogP) is 3.49. The largest absolute Gasteiger partial charge is 0.350 e. The Hall–Kier alpha value is -2.96. The van der Waals surface area contributed by atoms with Crippen molar-refractivity contribution >= 4 is 45.6 Å². The van der Waals surface area contributed by atoms with Gasteiger partial charge in [0.2, 0.25) is 0 Å². The van der Waals surface area contributed by atoms with Crippen LogP contribution in [0.5, 0.6) is 0 Å². The fourth-order valence-corrected chi connectivity index (χ4v) is 3.29. The van der Waals surface area contributed by atoms with Gasteiger partial charge in [0.25, 0.3) is 11.5 Å². The van der Waals surface area contributed by atoms with Gasteiger partial charge < -0.3 is 10.2 Å². The summed E-state index contributed by atoms with van der Waals surface area (Å²) in [5, 5.41) is 5.42. The number of rotatable bonds is 4. The van der Waals surface area contributed by atoms with Gasteiger partial charge in [0.1, 0.15) is 0 Å². The summed E-state index contributed by atoms with van der Waals surface area (Å²) in [6.45, 7) is 4.58. The lowest BCUT2D eigenvalue weighted by Crippen LogP contribution is -2.48. The third kappa shape index (κ3) is 3.64. The standard InChI is InChI=1S/C23H24N4O2.ClH/c1-23(2,26(3)4)14-24-21(28)18-10-7-13-27-20(18)25-19-16-9-6-5-8-15(16)11-12-17(19)22(27)29;/h5-13H,14H2,1-4H3,(H,24,28);1H. The Bertz CT molecular complexity index is 1310. The highest BCUT2D eigenvalue weighted by Gasteiger charge is 2.22. The molecule has 0 unspecified atom stereocenters. The average Bonchev–Trinajstić information content (AvgIpc) is 2.71. The third-order valence-electron chi connectivity index (χ3n) is 5.67. The zero-order valence-electron chi connectivity index (χ0n) is 17.5. The molecular weight excluding hydrogens is 400 g/mol. The van der Waals surface area contributed by atoms with Gasteiger partial charge in [-0.15, -0.1) is 12.4 Å². The van der Waals surface area contributed by atoms with Crippen LogP contribution >= 0.6 is 12.4 Å². The van der Waals surface area contributed by atoms with Gasteiger partial charge in [-0.2, -0.15) is 0 Å². The van der Waals surface area contributed by atoms with Crippen LogP contribution in [0.1, 0.15) is 24.2 Å². The molecule has 156 valence electrons. The molecule has 0 radical (unpaired) electrons.